The van der Waals surface area contributed by atoms with Crippen LogP contribution in [0.15, 0.2) is 16.7 Å². The predicted octanol–water partition coefficient (Wildman–Crippen LogP) is 1.79. The molecule has 1 aromatic rings. The molecule has 1 aliphatic rings. The van der Waals surface area contributed by atoms with Crippen LogP contribution in [0, 0.1) is 0 Å². The van der Waals surface area contributed by atoms with Crippen LogP contribution in [0.1, 0.15) is 17.3 Å². The first-order valence-corrected chi connectivity index (χ1v) is 8.79. The Balaban J connectivity index is 2.22. The Morgan fingerprint density at radius 3 is 2.54 bits per heavy atom. The molecule has 1 N–H and O–H groups in total. The second-order valence-electron chi connectivity index (χ2n) is 6.49. The number of hydrogen-bond donors (Lipinski definition) is 1. The van der Waals surface area contributed by atoms with Crippen molar-refractivity contribution in [3.05, 3.63) is 22.3 Å². The molecule has 1 fully saturated rings. The summed E-state index contributed by atoms with van der Waals surface area (Å²) in [6, 6.07) is 0.202. The lowest BCUT2D eigenvalue weighted by Crippen LogP contribution is -2.56. The van der Waals surface area contributed by atoms with Gasteiger partial charge in [0.1, 0.15) is 11.7 Å². The number of rotatable bonds is 4. The van der Waals surface area contributed by atoms with Crippen LogP contribution in [0.3, 0.4) is 0 Å². The van der Waals surface area contributed by atoms with Gasteiger partial charge in [-0.05, 0) is 28.9 Å². The van der Waals surface area contributed by atoms with Gasteiger partial charge in [-0.25, -0.2) is 9.37 Å². The highest BCUT2D eigenvalue weighted by Gasteiger charge is 2.58. The smallest absolute Gasteiger partial charge is 0.426 e. The lowest BCUT2D eigenvalue weighted by atomic mass is 10.1. The van der Waals surface area contributed by atoms with Gasteiger partial charge in [-0.3, -0.25) is 9.59 Å². The minimum atomic E-state index is -5.22. The second-order valence-corrected chi connectivity index (χ2v) is 7.41. The quantitative estimate of drug-likeness (QED) is 0.676. The maximum absolute atomic E-state index is 14.5. The number of ether oxygens (including phenoxy) is 1. The van der Waals surface area contributed by atoms with Crippen LogP contribution in [0.4, 0.5) is 17.6 Å². The Morgan fingerprint density at radius 1 is 1.39 bits per heavy atom. The van der Waals surface area contributed by atoms with Crippen molar-refractivity contribution >= 4 is 27.7 Å². The molecule has 0 saturated carbocycles. The highest BCUT2D eigenvalue weighted by atomic mass is 79.9. The van der Waals surface area contributed by atoms with Crippen molar-refractivity contribution in [3.63, 3.8) is 0 Å². The van der Waals surface area contributed by atoms with E-state index >= 15 is 0 Å². The number of likely N-dealkylation sites (N-methyl/N-ethyl adjacent to an activating group) is 1. The van der Waals surface area contributed by atoms with Crippen LogP contribution < -0.4 is 4.74 Å². The first-order chi connectivity index (χ1) is 12.8. The Morgan fingerprint density at radius 2 is 2.00 bits per heavy atom. The van der Waals surface area contributed by atoms with E-state index in [1.54, 1.807) is 0 Å². The van der Waals surface area contributed by atoms with Crippen LogP contribution in [0.5, 0.6) is 5.88 Å². The molecule has 2 amide bonds. The van der Waals surface area contributed by atoms with Crippen molar-refractivity contribution < 1.29 is 37.0 Å². The first-order valence-electron chi connectivity index (χ1n) is 8.00. The maximum atomic E-state index is 14.5. The van der Waals surface area contributed by atoms with E-state index in [1.165, 1.54) is 26.4 Å². The molecule has 1 saturated heterocycles. The summed E-state index contributed by atoms with van der Waals surface area (Å²) in [4.78, 5) is 30.2. The minimum absolute atomic E-state index is 0.0126. The summed E-state index contributed by atoms with van der Waals surface area (Å²) in [5, 5.41) is 9.53. The van der Waals surface area contributed by atoms with E-state index in [2.05, 4.69) is 20.9 Å². The predicted molar refractivity (Wildman–Crippen MR) is 92.5 cm³/mol. The summed E-state index contributed by atoms with van der Waals surface area (Å²) in [6.07, 6.45) is -5.62. The van der Waals surface area contributed by atoms with Crippen molar-refractivity contribution in [3.8, 4) is 5.88 Å². The largest absolute Gasteiger partial charge is 0.480 e. The van der Waals surface area contributed by atoms with Gasteiger partial charge in [-0.1, -0.05) is 0 Å². The van der Waals surface area contributed by atoms with E-state index in [0.29, 0.717) is 16.3 Å². The van der Waals surface area contributed by atoms with Gasteiger partial charge in [0.05, 0.1) is 19.7 Å². The Bertz CT molecular complexity index is 775. The van der Waals surface area contributed by atoms with Crippen molar-refractivity contribution in [2.24, 2.45) is 0 Å². The average Bonchev–Trinajstić information content (AvgIpc) is 3.00. The summed E-state index contributed by atoms with van der Waals surface area (Å²) in [5.74, 6) is -2.37. The summed E-state index contributed by atoms with van der Waals surface area (Å²) in [7, 11) is 2.55. The summed E-state index contributed by atoms with van der Waals surface area (Å²) in [5.41, 5.74) is -3.64. The number of aromatic nitrogens is 1. The number of nitrogens with zero attached hydrogens (tertiary/aromatic N) is 3. The highest BCUT2D eigenvalue weighted by Crippen LogP contribution is 2.33. The SMILES string of the molecule is COc1ncc(Br)cc1C(=O)N(C)[C@@H]1CN(C(=O)[C@@](C)(O)C(F)(F)F)C[C@@H]1F. The van der Waals surface area contributed by atoms with E-state index in [0.717, 1.165) is 4.90 Å². The van der Waals surface area contributed by atoms with E-state index in [-0.39, 0.29) is 11.4 Å². The Hall–Kier alpha value is -1.95. The van der Waals surface area contributed by atoms with E-state index in [1.807, 2.05) is 0 Å². The van der Waals surface area contributed by atoms with Gasteiger partial charge >= 0.3 is 6.18 Å². The molecule has 0 radical (unpaired) electrons. The van der Waals surface area contributed by atoms with Gasteiger partial charge in [0.15, 0.2) is 0 Å². The van der Waals surface area contributed by atoms with Crippen LogP contribution in [-0.2, 0) is 4.79 Å². The monoisotopic (exact) mass is 471 g/mol. The molecule has 7 nitrogen and oxygen atoms in total. The molecule has 3 atom stereocenters. The molecule has 2 heterocycles. The number of aliphatic hydroxyl groups is 1. The number of pyridine rings is 1. The lowest BCUT2D eigenvalue weighted by Gasteiger charge is -2.30. The van der Waals surface area contributed by atoms with Gasteiger partial charge in [-0.2, -0.15) is 13.2 Å². The molecule has 0 unspecified atom stereocenters. The van der Waals surface area contributed by atoms with Gasteiger partial charge in [-0.15, -0.1) is 0 Å². The molecule has 28 heavy (non-hydrogen) atoms. The molecule has 1 aromatic heterocycles. The number of carbonyl (C=O) groups is 2. The fourth-order valence-corrected chi connectivity index (χ4v) is 3.12. The van der Waals surface area contributed by atoms with Gasteiger partial charge in [0.25, 0.3) is 11.8 Å². The lowest BCUT2D eigenvalue weighted by molar-refractivity contribution is -0.249. The summed E-state index contributed by atoms with van der Waals surface area (Å²) < 4.78 is 58.6. The third-order valence-electron chi connectivity index (χ3n) is 4.53. The summed E-state index contributed by atoms with van der Waals surface area (Å²) >= 11 is 3.16. The minimum Gasteiger partial charge on any atom is -0.480 e. The van der Waals surface area contributed by atoms with Crippen LogP contribution in [0.25, 0.3) is 0 Å². The fourth-order valence-electron chi connectivity index (χ4n) is 2.79. The second kappa shape index (κ2) is 7.82. The van der Waals surface area contributed by atoms with Gasteiger partial charge in [0.2, 0.25) is 11.5 Å². The normalized spacial score (nSPS) is 22.0. The molecular formula is C16H18BrF4N3O4. The van der Waals surface area contributed by atoms with E-state index in [9.17, 15) is 32.3 Å². The molecule has 1 aliphatic heterocycles. The Labute approximate surface area is 166 Å². The van der Waals surface area contributed by atoms with E-state index in [4.69, 9.17) is 4.74 Å². The van der Waals surface area contributed by atoms with Crippen LogP contribution >= 0.6 is 15.9 Å². The number of methoxy groups -OCH3 is 1. The standard InChI is InChI=1S/C16H18BrF4N3O4/c1-15(27,16(19,20)21)14(26)24-6-10(18)11(7-24)23(2)13(25)9-4-8(17)5-22-12(9)28-3/h4-5,10-11,27H,6-7H2,1-3H3/t10-,11+,15+/m0/s1. The number of carbonyl (C=O) groups excluding carboxylic acids is 2. The number of hydrogen-bond acceptors (Lipinski definition) is 5. The Kier molecular flexibility index (Phi) is 6.24. The zero-order valence-corrected chi connectivity index (χ0v) is 16.7. The number of halogens is 5. The molecular weight excluding hydrogens is 454 g/mol. The topological polar surface area (TPSA) is 83.0 Å². The molecule has 0 bridgehead atoms. The molecule has 0 spiro atoms. The molecule has 0 aromatic carbocycles. The van der Waals surface area contributed by atoms with Gasteiger partial charge in [0, 0.05) is 24.3 Å². The summed E-state index contributed by atoms with van der Waals surface area (Å²) in [6.45, 7) is -0.873. The third kappa shape index (κ3) is 4.07. The van der Waals surface area contributed by atoms with Crippen molar-refractivity contribution in [1.82, 2.24) is 14.8 Å². The van der Waals surface area contributed by atoms with Crippen LogP contribution in [-0.4, -0.2) is 82.9 Å². The zero-order chi connectivity index (χ0) is 21.4. The van der Waals surface area contributed by atoms with Crippen molar-refractivity contribution in [2.45, 2.75) is 30.9 Å². The fraction of sp³-hybridized carbons (Fsp3) is 0.562. The highest BCUT2D eigenvalue weighted by molar-refractivity contribution is 9.10. The zero-order valence-electron chi connectivity index (χ0n) is 15.1. The molecule has 0 aliphatic carbocycles. The van der Waals surface area contributed by atoms with Crippen molar-refractivity contribution in [1.29, 1.82) is 0 Å². The number of amides is 2. The molecule has 156 valence electrons. The third-order valence-corrected chi connectivity index (χ3v) is 4.97. The molecule has 2 rings (SSSR count). The molecule has 12 heteroatoms. The van der Waals surface area contributed by atoms with Gasteiger partial charge < -0.3 is 19.6 Å². The maximum Gasteiger partial charge on any atom is 0.426 e. The number of alkyl halides is 4. The first kappa shape index (κ1) is 22.3. The van der Waals surface area contributed by atoms with Crippen LogP contribution in [0.2, 0.25) is 0 Å². The van der Waals surface area contributed by atoms with Crippen molar-refractivity contribution in [2.75, 3.05) is 27.2 Å². The number of likely N-dealkylation sites (tertiary alicyclic amines) is 1. The van der Waals surface area contributed by atoms with E-state index < -0.39 is 48.9 Å². The average molecular weight is 472 g/mol.